The fourth-order valence-electron chi connectivity index (χ4n) is 4.38. The van der Waals surface area contributed by atoms with Gasteiger partial charge in [0.05, 0.1) is 35.8 Å². The standard InChI is InChI=1S/C28H17Cl4I4O6.Na.H2O/c29-20-18(19(21(30)23(32)22(20)31)28(40)41-7-5-3-1-2-4-6-16(37)38)17-12-8-11(33)9-15(35)26(12)42-27-13(17)10-14(34)25(39)24(27)36;;/h8,10H,1-7H2,(H,37,38);;1H2/q-1;+1;/p-1. The number of unbranched alkanes of at least 4 members (excludes halogenated alkanes) is 4. The van der Waals surface area contributed by atoms with Crippen LogP contribution in [-0.4, -0.2) is 29.1 Å². The van der Waals surface area contributed by atoms with Gasteiger partial charge in [-0.05, 0) is 69.7 Å². The average Bonchev–Trinajstić information content (AvgIpc) is 2.93. The van der Waals surface area contributed by atoms with E-state index in [1.165, 1.54) is 0 Å². The average molecular weight is 1140 g/mol. The molecule has 2 aromatic carbocycles. The number of hydrogen-bond acceptors (Lipinski definition) is 6. The maximum Gasteiger partial charge on any atom is 1.00 e. The second-order valence-electron chi connectivity index (χ2n) is 9.08. The summed E-state index contributed by atoms with van der Waals surface area (Å²) in [6, 6.07) is 6.74. The molecule has 0 bridgehead atoms. The number of carbonyl (C=O) groups excluding carboxylic acids is 1. The van der Waals surface area contributed by atoms with Gasteiger partial charge in [0.1, 0.15) is 9.33 Å². The molecule has 0 spiro atoms. The number of carbonyl (C=O) groups is 2. The maximum absolute atomic E-state index is 13.7. The third-order valence-electron chi connectivity index (χ3n) is 6.31. The molecule has 7 nitrogen and oxygen atoms in total. The van der Waals surface area contributed by atoms with E-state index >= 15 is 0 Å². The van der Waals surface area contributed by atoms with E-state index in [0.29, 0.717) is 51.4 Å². The minimum Gasteiger partial charge on any atom is -0.870 e. The molecular weight excluding hydrogens is 1120 g/mol. The smallest absolute Gasteiger partial charge is 0.870 e. The number of benzene rings is 3. The van der Waals surface area contributed by atoms with E-state index in [1.807, 2.05) is 51.2 Å². The van der Waals surface area contributed by atoms with Crippen molar-refractivity contribution in [3.63, 3.8) is 0 Å². The zero-order valence-electron chi connectivity index (χ0n) is 22.6. The summed E-state index contributed by atoms with van der Waals surface area (Å²) in [7, 11) is 0. The summed E-state index contributed by atoms with van der Waals surface area (Å²) < 4.78 is 14.2. The Morgan fingerprint density at radius 3 is 2.16 bits per heavy atom. The Hall–Kier alpha value is 1.11. The first-order valence-electron chi connectivity index (χ1n) is 12.3. The Balaban J connectivity index is 0.00000337. The van der Waals surface area contributed by atoms with E-state index in [9.17, 15) is 14.4 Å². The predicted molar refractivity (Wildman–Crippen MR) is 202 cm³/mol. The number of aliphatic carboxylic acids is 1. The van der Waals surface area contributed by atoms with Crippen molar-refractivity contribution < 1.29 is 58.9 Å². The monoisotopic (exact) mass is 1140 g/mol. The summed E-state index contributed by atoms with van der Waals surface area (Å²) in [4.78, 5) is 37.2. The number of hydrogen-bond donors (Lipinski definition) is 1. The number of fused-ring (bicyclic) bond motifs is 2. The molecule has 16 heteroatoms. The zero-order chi connectivity index (χ0) is 30.9. The van der Waals surface area contributed by atoms with E-state index < -0.39 is 11.9 Å². The van der Waals surface area contributed by atoms with Gasteiger partial charge in [0, 0.05) is 23.1 Å². The molecule has 0 saturated carbocycles. The Labute approximate surface area is 349 Å². The zero-order valence-corrected chi connectivity index (χ0v) is 36.2. The number of carboxylic acids is 1. The van der Waals surface area contributed by atoms with Gasteiger partial charge in [0.25, 0.3) is 0 Å². The minimum absolute atomic E-state index is 0. The Morgan fingerprint density at radius 2 is 1.50 bits per heavy atom. The molecule has 2 N–H and O–H groups in total. The van der Waals surface area contributed by atoms with Crippen LogP contribution < -0.4 is 35.0 Å². The first-order chi connectivity index (χ1) is 19.8. The van der Waals surface area contributed by atoms with Crippen LogP contribution in [0.1, 0.15) is 48.9 Å². The SMILES string of the molecule is O=C(O)CCCCCCCOC(=O)c1c(Cl)c(Cl)c(Cl)c(Cl)c1-c1c2cc(I)c(=O)c(I)c-2oc2c(I)[c-]c(I)cc12.[Na+].[OH-]. The van der Waals surface area contributed by atoms with Gasteiger partial charge in [-0.15, -0.1) is 6.07 Å². The van der Waals surface area contributed by atoms with Crippen molar-refractivity contribution >= 4 is 160 Å². The summed E-state index contributed by atoms with van der Waals surface area (Å²) in [6.45, 7) is 0.108. The topological polar surface area (TPSA) is 124 Å². The van der Waals surface area contributed by atoms with Crippen molar-refractivity contribution in [2.24, 2.45) is 0 Å². The molecule has 1 heterocycles. The van der Waals surface area contributed by atoms with Gasteiger partial charge in [-0.2, -0.15) is 6.07 Å². The first kappa shape index (κ1) is 41.3. The van der Waals surface area contributed by atoms with E-state index in [1.54, 1.807) is 6.07 Å². The molecule has 0 radical (unpaired) electrons. The third kappa shape index (κ3) is 9.01. The summed E-state index contributed by atoms with van der Waals surface area (Å²) >= 11 is 34.7. The molecule has 0 atom stereocenters. The Bertz CT molecular complexity index is 1770. The van der Waals surface area contributed by atoms with Crippen LogP contribution in [0.15, 0.2) is 21.3 Å². The number of halogens is 8. The van der Waals surface area contributed by atoms with E-state index in [4.69, 9.17) is 60.7 Å². The molecule has 230 valence electrons. The molecule has 0 saturated heterocycles. The van der Waals surface area contributed by atoms with Crippen LogP contribution in [0.3, 0.4) is 0 Å². The van der Waals surface area contributed by atoms with E-state index in [-0.39, 0.29) is 84.7 Å². The minimum atomic E-state index is -0.815. The van der Waals surface area contributed by atoms with Crippen LogP contribution in [0.25, 0.3) is 33.4 Å². The van der Waals surface area contributed by atoms with Crippen molar-refractivity contribution in [3.05, 3.63) is 68.4 Å². The molecular formula is C28H18Cl4I4NaO7-. The van der Waals surface area contributed by atoms with Crippen molar-refractivity contribution in [2.45, 2.75) is 38.5 Å². The van der Waals surface area contributed by atoms with Gasteiger partial charge < -0.3 is 19.7 Å². The van der Waals surface area contributed by atoms with Crippen LogP contribution in [0.5, 0.6) is 0 Å². The van der Waals surface area contributed by atoms with Crippen molar-refractivity contribution in [3.8, 4) is 22.5 Å². The molecule has 0 aromatic heterocycles. The number of rotatable bonds is 10. The maximum atomic E-state index is 13.7. The molecule has 1 aliphatic heterocycles. The van der Waals surface area contributed by atoms with E-state index in [2.05, 4.69) is 51.2 Å². The van der Waals surface area contributed by atoms with Crippen LogP contribution >= 0.6 is 137 Å². The number of ether oxygens (including phenoxy) is 1. The van der Waals surface area contributed by atoms with Gasteiger partial charge in [0.2, 0.25) is 5.43 Å². The summed E-state index contributed by atoms with van der Waals surface area (Å²) in [5.41, 5.74) is 1.42. The first-order valence-corrected chi connectivity index (χ1v) is 18.1. The molecule has 0 unspecified atom stereocenters. The van der Waals surface area contributed by atoms with Crippen molar-refractivity contribution in [1.82, 2.24) is 0 Å². The van der Waals surface area contributed by atoms with Gasteiger partial charge in [-0.25, -0.2) is 4.79 Å². The molecule has 4 rings (SSSR count). The Morgan fingerprint density at radius 1 is 0.886 bits per heavy atom. The summed E-state index contributed by atoms with van der Waals surface area (Å²) in [6.07, 6.45) is 3.65. The van der Waals surface area contributed by atoms with E-state index in [0.717, 1.165) is 22.8 Å². The van der Waals surface area contributed by atoms with Crippen LogP contribution in [-0.2, 0) is 9.53 Å². The predicted octanol–water partition coefficient (Wildman–Crippen LogP) is 7.81. The number of esters is 1. The largest absolute Gasteiger partial charge is 1.00 e. The van der Waals surface area contributed by atoms with Gasteiger partial charge in [0.15, 0.2) is 0 Å². The third-order valence-corrected chi connectivity index (χ3v) is 11.2. The van der Waals surface area contributed by atoms with Gasteiger partial charge in [-0.3, -0.25) is 9.59 Å². The second-order valence-corrected chi connectivity index (χ2v) is 15.1. The second kappa shape index (κ2) is 18.2. The van der Waals surface area contributed by atoms with Crippen molar-refractivity contribution in [2.75, 3.05) is 6.61 Å². The number of carboxylic acid groups (broad SMARTS) is 1. The van der Waals surface area contributed by atoms with Crippen LogP contribution in [0.2, 0.25) is 20.1 Å². The molecule has 1 aliphatic carbocycles. The normalized spacial score (nSPS) is 10.9. The molecule has 2 aliphatic rings. The fourth-order valence-corrected chi connectivity index (χ4v) is 8.98. The molecule has 0 fully saturated rings. The summed E-state index contributed by atoms with van der Waals surface area (Å²) in [5, 5.41) is 9.14. The molecule has 2 aromatic rings. The molecule has 0 amide bonds. The van der Waals surface area contributed by atoms with Gasteiger partial charge in [-0.1, -0.05) is 123 Å². The fraction of sp³-hybridized carbons (Fsp3) is 0.250. The van der Waals surface area contributed by atoms with Crippen LogP contribution in [0, 0.1) is 20.3 Å². The van der Waals surface area contributed by atoms with Crippen molar-refractivity contribution in [1.29, 1.82) is 0 Å². The van der Waals surface area contributed by atoms with Gasteiger partial charge >= 0.3 is 41.5 Å². The quantitative estimate of drug-likeness (QED) is 0.0251. The van der Waals surface area contributed by atoms with Crippen LogP contribution in [0.4, 0.5) is 0 Å². The summed E-state index contributed by atoms with van der Waals surface area (Å²) in [5.74, 6) is -1.23. The Kier molecular flexibility index (Phi) is 17.1. The molecule has 44 heavy (non-hydrogen) atoms.